The Labute approximate surface area is 149 Å². The van der Waals surface area contributed by atoms with Crippen LogP contribution in [0.2, 0.25) is 0 Å². The minimum absolute atomic E-state index is 0.140. The number of thiocarbonyl (C=S) groups is 1. The molecule has 2 heterocycles. The highest BCUT2D eigenvalue weighted by atomic mass is 32.1. The molecule has 0 unspecified atom stereocenters. The summed E-state index contributed by atoms with van der Waals surface area (Å²) in [4.78, 5) is 0. The van der Waals surface area contributed by atoms with Gasteiger partial charge in [-0.25, -0.2) is 0 Å². The molecule has 7 heteroatoms. The second-order valence-electron chi connectivity index (χ2n) is 6.27. The summed E-state index contributed by atoms with van der Waals surface area (Å²) in [6.07, 6.45) is 4.44. The molecule has 1 aliphatic rings. The lowest BCUT2D eigenvalue weighted by molar-refractivity contribution is 0.0962. The Morgan fingerprint density at radius 3 is 3.04 bits per heavy atom. The molecule has 1 fully saturated rings. The van der Waals surface area contributed by atoms with Gasteiger partial charge >= 0.3 is 0 Å². The highest BCUT2D eigenvalue weighted by Gasteiger charge is 2.18. The molecule has 0 amide bonds. The Morgan fingerprint density at radius 1 is 1.58 bits per heavy atom. The molecule has 24 heavy (non-hydrogen) atoms. The minimum atomic E-state index is 0.140. The molecule has 0 aromatic carbocycles. The lowest BCUT2D eigenvalue weighted by Crippen LogP contribution is -2.40. The van der Waals surface area contributed by atoms with Gasteiger partial charge in [-0.3, -0.25) is 5.43 Å². The summed E-state index contributed by atoms with van der Waals surface area (Å²) in [5.74, 6) is 0. The van der Waals surface area contributed by atoms with E-state index in [1.54, 1.807) is 7.11 Å². The van der Waals surface area contributed by atoms with Gasteiger partial charge in [0.25, 0.3) is 0 Å². The zero-order valence-corrected chi connectivity index (χ0v) is 15.8. The Hall–Kier alpha value is -1.44. The number of hydrazone groups is 1. The van der Waals surface area contributed by atoms with E-state index in [4.69, 9.17) is 21.7 Å². The van der Waals surface area contributed by atoms with Crippen molar-refractivity contribution < 1.29 is 9.47 Å². The summed E-state index contributed by atoms with van der Waals surface area (Å²) in [6.45, 7) is 8.61. The largest absolute Gasteiger partial charge is 0.383 e. The smallest absolute Gasteiger partial charge is 0.187 e. The van der Waals surface area contributed by atoms with E-state index >= 15 is 0 Å². The molecule has 2 rings (SSSR count). The molecular formula is C17H28N4O2S. The standard InChI is InChI=1S/C17H28N4O2S/c1-12(11-22-4)19-17(24)20-18-9-15-8-13(2)21(14(15)3)10-16-6-5-7-23-16/h8-9,12,16H,5-7,10-11H2,1-4H3,(H2,19,20,24)/b18-9-/t12-,16-/m0/s1. The maximum atomic E-state index is 5.74. The molecule has 6 nitrogen and oxygen atoms in total. The molecule has 2 N–H and O–H groups in total. The molecule has 0 spiro atoms. The zero-order chi connectivity index (χ0) is 17.5. The summed E-state index contributed by atoms with van der Waals surface area (Å²) in [5.41, 5.74) is 6.35. The van der Waals surface area contributed by atoms with Crippen molar-refractivity contribution in [1.29, 1.82) is 0 Å². The lowest BCUT2D eigenvalue weighted by Gasteiger charge is -2.14. The molecule has 0 saturated carbocycles. The van der Waals surface area contributed by atoms with Crippen molar-refractivity contribution in [2.45, 2.75) is 52.3 Å². The van der Waals surface area contributed by atoms with Crippen LogP contribution in [0.4, 0.5) is 0 Å². The van der Waals surface area contributed by atoms with Crippen molar-refractivity contribution in [3.05, 3.63) is 23.0 Å². The molecular weight excluding hydrogens is 324 g/mol. The van der Waals surface area contributed by atoms with Crippen LogP contribution in [0, 0.1) is 13.8 Å². The summed E-state index contributed by atoms with van der Waals surface area (Å²) in [7, 11) is 1.67. The first-order valence-corrected chi connectivity index (χ1v) is 8.79. The van der Waals surface area contributed by atoms with Crippen LogP contribution in [-0.4, -0.2) is 48.4 Å². The minimum Gasteiger partial charge on any atom is -0.383 e. The van der Waals surface area contributed by atoms with Gasteiger partial charge in [-0.05, 0) is 51.9 Å². The molecule has 0 bridgehead atoms. The van der Waals surface area contributed by atoms with Gasteiger partial charge < -0.3 is 19.4 Å². The number of hydrogen-bond acceptors (Lipinski definition) is 4. The monoisotopic (exact) mass is 352 g/mol. The number of hydrogen-bond donors (Lipinski definition) is 2. The normalized spacial score (nSPS) is 18.9. The van der Waals surface area contributed by atoms with Crippen molar-refractivity contribution in [2.75, 3.05) is 20.3 Å². The summed E-state index contributed by atoms with van der Waals surface area (Å²) < 4.78 is 13.1. The first-order valence-electron chi connectivity index (χ1n) is 8.38. The van der Waals surface area contributed by atoms with Gasteiger partial charge in [0, 0.05) is 43.3 Å². The second-order valence-corrected chi connectivity index (χ2v) is 6.68. The maximum absolute atomic E-state index is 5.74. The van der Waals surface area contributed by atoms with Crippen LogP contribution in [-0.2, 0) is 16.0 Å². The topological polar surface area (TPSA) is 59.8 Å². The second kappa shape index (κ2) is 9.15. The van der Waals surface area contributed by atoms with Gasteiger partial charge in [0.1, 0.15) is 0 Å². The SMILES string of the molecule is COC[C@H](C)NC(=S)N/N=C\c1cc(C)n(C[C@@H]2CCCO2)c1C. The summed E-state index contributed by atoms with van der Waals surface area (Å²) in [5, 5.41) is 7.83. The van der Waals surface area contributed by atoms with Crippen LogP contribution in [0.15, 0.2) is 11.2 Å². The number of aromatic nitrogens is 1. The Bertz CT molecular complexity index is 579. The third-order valence-corrected chi connectivity index (χ3v) is 4.40. The fourth-order valence-electron chi connectivity index (χ4n) is 2.94. The fraction of sp³-hybridized carbons (Fsp3) is 0.647. The van der Waals surface area contributed by atoms with Gasteiger partial charge in [-0.1, -0.05) is 0 Å². The first kappa shape index (κ1) is 18.9. The van der Waals surface area contributed by atoms with E-state index in [2.05, 4.69) is 40.3 Å². The van der Waals surface area contributed by atoms with Crippen molar-refractivity contribution >= 4 is 23.5 Å². The maximum Gasteiger partial charge on any atom is 0.187 e. The lowest BCUT2D eigenvalue weighted by atomic mass is 10.2. The molecule has 134 valence electrons. The third kappa shape index (κ3) is 5.29. The number of methoxy groups -OCH3 is 1. The van der Waals surface area contributed by atoms with E-state index < -0.39 is 0 Å². The van der Waals surface area contributed by atoms with Crippen LogP contribution in [0.5, 0.6) is 0 Å². The predicted octanol–water partition coefficient (Wildman–Crippen LogP) is 2.12. The van der Waals surface area contributed by atoms with Gasteiger partial charge in [0.2, 0.25) is 0 Å². The highest BCUT2D eigenvalue weighted by Crippen LogP contribution is 2.19. The van der Waals surface area contributed by atoms with Crippen LogP contribution < -0.4 is 10.7 Å². The predicted molar refractivity (Wildman–Crippen MR) is 101 cm³/mol. The number of nitrogens with one attached hydrogen (secondary N) is 2. The van der Waals surface area contributed by atoms with Crippen molar-refractivity contribution in [3.63, 3.8) is 0 Å². The van der Waals surface area contributed by atoms with Gasteiger partial charge in [0.15, 0.2) is 5.11 Å². The van der Waals surface area contributed by atoms with E-state index in [0.717, 1.165) is 31.6 Å². The van der Waals surface area contributed by atoms with Crippen LogP contribution in [0.3, 0.4) is 0 Å². The average Bonchev–Trinajstić information content (AvgIpc) is 3.12. The third-order valence-electron chi connectivity index (χ3n) is 4.19. The molecule has 0 aliphatic carbocycles. The van der Waals surface area contributed by atoms with Crippen molar-refractivity contribution in [3.8, 4) is 0 Å². The van der Waals surface area contributed by atoms with Gasteiger partial charge in [-0.2, -0.15) is 5.10 Å². The molecule has 1 saturated heterocycles. The van der Waals surface area contributed by atoms with E-state index in [0.29, 0.717) is 17.8 Å². The average molecular weight is 353 g/mol. The number of aryl methyl sites for hydroxylation is 1. The molecule has 0 radical (unpaired) electrons. The van der Waals surface area contributed by atoms with Crippen molar-refractivity contribution in [1.82, 2.24) is 15.3 Å². The molecule has 1 aliphatic heterocycles. The van der Waals surface area contributed by atoms with Gasteiger partial charge in [-0.15, -0.1) is 0 Å². The summed E-state index contributed by atoms with van der Waals surface area (Å²) in [6, 6.07) is 2.28. The van der Waals surface area contributed by atoms with E-state index in [9.17, 15) is 0 Å². The first-order chi connectivity index (χ1) is 11.5. The van der Waals surface area contributed by atoms with Crippen LogP contribution in [0.1, 0.15) is 36.7 Å². The molecule has 1 aromatic rings. The van der Waals surface area contributed by atoms with Crippen LogP contribution >= 0.6 is 12.2 Å². The Balaban J connectivity index is 1.91. The van der Waals surface area contributed by atoms with Crippen molar-refractivity contribution in [2.24, 2.45) is 5.10 Å². The Kier molecular flexibility index (Phi) is 7.20. The highest BCUT2D eigenvalue weighted by molar-refractivity contribution is 7.80. The quantitative estimate of drug-likeness (QED) is 0.447. The molecule has 1 aromatic heterocycles. The zero-order valence-electron chi connectivity index (χ0n) is 15.0. The van der Waals surface area contributed by atoms with Crippen LogP contribution in [0.25, 0.3) is 0 Å². The number of nitrogens with zero attached hydrogens (tertiary/aromatic N) is 2. The fourth-order valence-corrected chi connectivity index (χ4v) is 3.19. The van der Waals surface area contributed by atoms with E-state index in [1.165, 1.54) is 11.4 Å². The molecule has 2 atom stereocenters. The number of ether oxygens (including phenoxy) is 2. The van der Waals surface area contributed by atoms with E-state index in [-0.39, 0.29) is 6.04 Å². The van der Waals surface area contributed by atoms with Gasteiger partial charge in [0.05, 0.1) is 18.9 Å². The summed E-state index contributed by atoms with van der Waals surface area (Å²) >= 11 is 5.21. The Morgan fingerprint density at radius 2 is 2.38 bits per heavy atom. The van der Waals surface area contributed by atoms with E-state index in [1.807, 2.05) is 13.1 Å². The number of rotatable bonds is 7.